The fourth-order valence-corrected chi connectivity index (χ4v) is 2.19. The third kappa shape index (κ3) is 6.70. The highest BCUT2D eigenvalue weighted by Gasteiger charge is 2.37. The number of fused-ring (bicyclic) bond motifs is 1. The number of ether oxygens (including phenoxy) is 3. The third-order valence-corrected chi connectivity index (χ3v) is 3.19. The summed E-state index contributed by atoms with van der Waals surface area (Å²) in [5, 5.41) is 0. The standard InChI is InChI=1S/C8H12O2.C5H8O2.C2H6O/c9-8-7-4-2-1-3-6(7)5-10-8;1-4(2)5(6)7-3;1-3-2/h6-7H,1-5H2;1H2,2-3H3;1-2H3. The number of carbonyl (C=O) groups excluding carboxylic acids is 2. The van der Waals surface area contributed by atoms with Crippen LogP contribution in [-0.4, -0.2) is 39.9 Å². The van der Waals surface area contributed by atoms with Crippen molar-refractivity contribution < 1.29 is 23.8 Å². The van der Waals surface area contributed by atoms with Gasteiger partial charge >= 0.3 is 11.9 Å². The van der Waals surface area contributed by atoms with Crippen LogP contribution in [-0.2, 0) is 23.8 Å². The second-order valence-electron chi connectivity index (χ2n) is 4.96. The molecule has 0 aromatic heterocycles. The minimum atomic E-state index is -0.347. The Hall–Kier alpha value is -1.36. The summed E-state index contributed by atoms with van der Waals surface area (Å²) < 4.78 is 13.5. The third-order valence-electron chi connectivity index (χ3n) is 3.19. The van der Waals surface area contributed by atoms with Crippen molar-refractivity contribution in [2.45, 2.75) is 32.6 Å². The highest BCUT2D eigenvalue weighted by atomic mass is 16.5. The predicted molar refractivity (Wildman–Crippen MR) is 76.2 cm³/mol. The molecule has 0 amide bonds. The Labute approximate surface area is 121 Å². The zero-order valence-electron chi connectivity index (χ0n) is 12.9. The summed E-state index contributed by atoms with van der Waals surface area (Å²) in [6.45, 7) is 5.65. The Morgan fingerprint density at radius 3 is 2.20 bits per heavy atom. The normalized spacial score (nSPS) is 23.1. The molecule has 1 saturated carbocycles. The van der Waals surface area contributed by atoms with Crippen LogP contribution in [0.4, 0.5) is 0 Å². The van der Waals surface area contributed by atoms with Gasteiger partial charge in [-0.15, -0.1) is 0 Å². The molecule has 5 nitrogen and oxygen atoms in total. The van der Waals surface area contributed by atoms with E-state index >= 15 is 0 Å². The SMILES string of the molecule is C=C(C)C(=O)OC.COC.O=C1OCC2CCCCC12. The molecule has 116 valence electrons. The summed E-state index contributed by atoms with van der Waals surface area (Å²) in [7, 11) is 4.58. The quantitative estimate of drug-likeness (QED) is 0.547. The van der Waals surface area contributed by atoms with Crippen molar-refractivity contribution in [3.8, 4) is 0 Å². The van der Waals surface area contributed by atoms with E-state index in [4.69, 9.17) is 4.74 Å². The molecule has 0 N–H and O–H groups in total. The van der Waals surface area contributed by atoms with Crippen LogP contribution >= 0.6 is 0 Å². The molecule has 0 radical (unpaired) electrons. The molecule has 2 aliphatic rings. The Balaban J connectivity index is 0.000000319. The highest BCUT2D eigenvalue weighted by Crippen LogP contribution is 2.35. The fraction of sp³-hybridized carbons (Fsp3) is 0.733. The van der Waals surface area contributed by atoms with E-state index in [1.54, 1.807) is 21.1 Å². The number of methoxy groups -OCH3 is 2. The Kier molecular flexibility index (Phi) is 9.72. The van der Waals surface area contributed by atoms with Crippen molar-refractivity contribution in [3.05, 3.63) is 12.2 Å². The number of cyclic esters (lactones) is 1. The summed E-state index contributed by atoms with van der Waals surface area (Å²) >= 11 is 0. The molecular weight excluding hydrogens is 260 g/mol. The van der Waals surface area contributed by atoms with E-state index in [0.717, 1.165) is 6.42 Å². The smallest absolute Gasteiger partial charge is 0.332 e. The summed E-state index contributed by atoms with van der Waals surface area (Å²) in [5.74, 6) is 0.555. The Morgan fingerprint density at radius 1 is 1.25 bits per heavy atom. The maximum Gasteiger partial charge on any atom is 0.332 e. The van der Waals surface area contributed by atoms with Crippen LogP contribution in [0.3, 0.4) is 0 Å². The average molecular weight is 286 g/mol. The largest absolute Gasteiger partial charge is 0.466 e. The molecule has 2 rings (SSSR count). The molecule has 1 heterocycles. The van der Waals surface area contributed by atoms with E-state index < -0.39 is 0 Å². The number of carbonyl (C=O) groups is 2. The molecule has 2 atom stereocenters. The van der Waals surface area contributed by atoms with Crippen molar-refractivity contribution in [1.29, 1.82) is 0 Å². The number of esters is 2. The monoisotopic (exact) mass is 286 g/mol. The molecule has 0 aromatic rings. The lowest BCUT2D eigenvalue weighted by Crippen LogP contribution is -2.19. The Morgan fingerprint density at radius 2 is 1.80 bits per heavy atom. The lowest BCUT2D eigenvalue weighted by atomic mass is 9.81. The topological polar surface area (TPSA) is 61.8 Å². The van der Waals surface area contributed by atoms with Crippen LogP contribution in [0.5, 0.6) is 0 Å². The summed E-state index contributed by atoms with van der Waals surface area (Å²) in [4.78, 5) is 21.2. The molecular formula is C15H26O5. The van der Waals surface area contributed by atoms with Gasteiger partial charge in [0.2, 0.25) is 0 Å². The second-order valence-corrected chi connectivity index (χ2v) is 4.96. The Bertz CT molecular complexity index is 324. The maximum atomic E-state index is 11.0. The first-order valence-electron chi connectivity index (χ1n) is 6.78. The van der Waals surface area contributed by atoms with Gasteiger partial charge in [-0.25, -0.2) is 4.79 Å². The van der Waals surface area contributed by atoms with E-state index in [1.807, 2.05) is 0 Å². The molecule has 2 unspecified atom stereocenters. The lowest BCUT2D eigenvalue weighted by molar-refractivity contribution is -0.141. The van der Waals surface area contributed by atoms with Gasteiger partial charge in [0.25, 0.3) is 0 Å². The fourth-order valence-electron chi connectivity index (χ4n) is 2.19. The molecule has 5 heteroatoms. The van der Waals surface area contributed by atoms with E-state index in [2.05, 4.69) is 16.1 Å². The van der Waals surface area contributed by atoms with Gasteiger partial charge < -0.3 is 14.2 Å². The van der Waals surface area contributed by atoms with Gasteiger partial charge in [0.1, 0.15) is 0 Å². The van der Waals surface area contributed by atoms with Gasteiger partial charge in [0, 0.05) is 25.7 Å². The van der Waals surface area contributed by atoms with Crippen molar-refractivity contribution in [2.75, 3.05) is 27.9 Å². The van der Waals surface area contributed by atoms with Crippen LogP contribution in [0.1, 0.15) is 32.6 Å². The molecule has 0 aromatic carbocycles. The van der Waals surface area contributed by atoms with E-state index in [1.165, 1.54) is 26.4 Å². The van der Waals surface area contributed by atoms with Gasteiger partial charge in [-0.05, 0) is 19.8 Å². The van der Waals surface area contributed by atoms with Gasteiger partial charge in [-0.2, -0.15) is 0 Å². The maximum absolute atomic E-state index is 11.0. The van der Waals surface area contributed by atoms with Gasteiger partial charge in [0.15, 0.2) is 0 Å². The lowest BCUT2D eigenvalue weighted by Gasteiger charge is -2.19. The van der Waals surface area contributed by atoms with Crippen LogP contribution in [0.2, 0.25) is 0 Å². The first-order valence-corrected chi connectivity index (χ1v) is 6.78. The molecule has 2 fully saturated rings. The molecule has 1 aliphatic carbocycles. The minimum Gasteiger partial charge on any atom is -0.466 e. The van der Waals surface area contributed by atoms with E-state index in [9.17, 15) is 9.59 Å². The summed E-state index contributed by atoms with van der Waals surface area (Å²) in [5.41, 5.74) is 0.433. The predicted octanol–water partition coefficient (Wildman–Crippen LogP) is 2.35. The summed E-state index contributed by atoms with van der Waals surface area (Å²) in [6, 6.07) is 0. The molecule has 0 spiro atoms. The van der Waals surface area contributed by atoms with Gasteiger partial charge in [-0.3, -0.25) is 4.79 Å². The summed E-state index contributed by atoms with van der Waals surface area (Å²) in [6.07, 6.45) is 4.79. The first-order chi connectivity index (χ1) is 9.47. The van der Waals surface area contributed by atoms with Crippen molar-refractivity contribution in [1.82, 2.24) is 0 Å². The van der Waals surface area contributed by atoms with Crippen LogP contribution in [0, 0.1) is 11.8 Å². The molecule has 1 aliphatic heterocycles. The highest BCUT2D eigenvalue weighted by molar-refractivity contribution is 5.86. The minimum absolute atomic E-state index is 0.0599. The zero-order valence-corrected chi connectivity index (χ0v) is 12.9. The number of hydrogen-bond acceptors (Lipinski definition) is 5. The zero-order chi connectivity index (χ0) is 15.5. The van der Waals surface area contributed by atoms with Crippen molar-refractivity contribution in [2.24, 2.45) is 11.8 Å². The average Bonchev–Trinajstić information content (AvgIpc) is 2.82. The van der Waals surface area contributed by atoms with Crippen LogP contribution in [0.15, 0.2) is 12.2 Å². The van der Waals surface area contributed by atoms with Gasteiger partial charge in [-0.1, -0.05) is 19.4 Å². The van der Waals surface area contributed by atoms with Crippen LogP contribution in [0.25, 0.3) is 0 Å². The van der Waals surface area contributed by atoms with Crippen molar-refractivity contribution >= 4 is 11.9 Å². The van der Waals surface area contributed by atoms with E-state index in [-0.39, 0.29) is 17.9 Å². The number of hydrogen-bond donors (Lipinski definition) is 0. The molecule has 1 saturated heterocycles. The van der Waals surface area contributed by atoms with Crippen LogP contribution < -0.4 is 0 Å². The second kappa shape index (κ2) is 10.4. The number of rotatable bonds is 1. The first kappa shape index (κ1) is 18.6. The van der Waals surface area contributed by atoms with E-state index in [0.29, 0.717) is 18.1 Å². The van der Waals surface area contributed by atoms with Gasteiger partial charge in [0.05, 0.1) is 19.6 Å². The molecule has 0 bridgehead atoms. The van der Waals surface area contributed by atoms with Crippen molar-refractivity contribution in [3.63, 3.8) is 0 Å². The molecule has 20 heavy (non-hydrogen) atoms.